The van der Waals surface area contributed by atoms with Crippen LogP contribution in [-0.2, 0) is 16.6 Å². The lowest BCUT2D eigenvalue weighted by atomic mass is 9.98. The van der Waals surface area contributed by atoms with Crippen LogP contribution in [0, 0.1) is 5.92 Å². The van der Waals surface area contributed by atoms with Crippen LogP contribution >= 0.6 is 23.8 Å². The van der Waals surface area contributed by atoms with Crippen LogP contribution in [-0.4, -0.2) is 67.9 Å². The number of allylic oxidation sites excluding steroid dienone is 2. The molecule has 228 valence electrons. The summed E-state index contributed by atoms with van der Waals surface area (Å²) in [6.07, 6.45) is 10.1. The normalized spacial score (nSPS) is 18.7. The molecule has 44 heavy (non-hydrogen) atoms. The van der Waals surface area contributed by atoms with Crippen molar-refractivity contribution >= 4 is 51.3 Å². The van der Waals surface area contributed by atoms with Crippen LogP contribution in [0.3, 0.4) is 0 Å². The number of nitrogens with two attached hydrogens (primary N) is 1. The van der Waals surface area contributed by atoms with Gasteiger partial charge in [0.25, 0.3) is 0 Å². The van der Waals surface area contributed by atoms with Gasteiger partial charge in [0.15, 0.2) is 0 Å². The summed E-state index contributed by atoms with van der Waals surface area (Å²) in [5, 5.41) is 4.77. The van der Waals surface area contributed by atoms with Gasteiger partial charge in [0.2, 0.25) is 5.91 Å². The van der Waals surface area contributed by atoms with E-state index in [1.165, 1.54) is 0 Å². The molecule has 2 N–H and O–H groups in total. The number of hydrogen-bond acceptors (Lipinski definition) is 7. The molecule has 2 aliphatic rings. The molecule has 4 aromatic rings. The number of benzene rings is 2. The second-order valence-corrected chi connectivity index (χ2v) is 12.3. The molecule has 1 aliphatic heterocycles. The first-order chi connectivity index (χ1) is 21.2. The van der Waals surface area contributed by atoms with Gasteiger partial charge >= 0.3 is 0 Å². The molecule has 0 radical (unpaired) electrons. The molecule has 2 atom stereocenters. The quantitative estimate of drug-likeness (QED) is 0.241. The van der Waals surface area contributed by atoms with Gasteiger partial charge in [0.05, 0.1) is 45.4 Å². The number of primary amides is 1. The number of likely N-dealkylation sites (tertiary alicyclic amines) is 1. The number of imidazole rings is 1. The van der Waals surface area contributed by atoms with E-state index >= 15 is 0 Å². The Labute approximate surface area is 266 Å². The number of ether oxygens (including phenoxy) is 2. The molecule has 1 amide bonds. The third kappa shape index (κ3) is 6.21. The minimum Gasteiger partial charge on any atom is -0.492 e. The molecule has 6 rings (SSSR count). The Morgan fingerprint density at radius 1 is 1.18 bits per heavy atom. The highest BCUT2D eigenvalue weighted by atomic mass is 35.5. The van der Waals surface area contributed by atoms with Gasteiger partial charge in [-0.25, -0.2) is 4.98 Å². The zero-order valence-electron chi connectivity index (χ0n) is 24.9. The van der Waals surface area contributed by atoms with Gasteiger partial charge in [-0.1, -0.05) is 42.0 Å². The number of piperidine rings is 1. The summed E-state index contributed by atoms with van der Waals surface area (Å²) >= 11 is 12.5. The predicted molar refractivity (Wildman–Crippen MR) is 177 cm³/mol. The van der Waals surface area contributed by atoms with Gasteiger partial charge in [0.1, 0.15) is 18.2 Å². The highest BCUT2D eigenvalue weighted by molar-refractivity contribution is 7.81. The predicted octanol–water partition coefficient (Wildman–Crippen LogP) is 5.59. The van der Waals surface area contributed by atoms with Gasteiger partial charge in [-0.15, -0.1) is 0 Å². The largest absolute Gasteiger partial charge is 0.492 e. The van der Waals surface area contributed by atoms with Gasteiger partial charge in [-0.2, -0.15) is 5.10 Å². The molecule has 1 aliphatic carbocycles. The van der Waals surface area contributed by atoms with Crippen LogP contribution in [0.4, 0.5) is 0 Å². The summed E-state index contributed by atoms with van der Waals surface area (Å²) in [7, 11) is 4.03. The molecule has 2 aromatic carbocycles. The maximum atomic E-state index is 12.5. The van der Waals surface area contributed by atoms with Gasteiger partial charge in [-0.3, -0.25) is 14.0 Å². The van der Waals surface area contributed by atoms with Gasteiger partial charge in [-0.05, 0) is 81.7 Å². The third-order valence-electron chi connectivity index (χ3n) is 8.36. The number of carbonyl (C=O) groups excluding carboxylic acids is 1. The number of aryl methyl sites for hydroxylation is 1. The van der Waals surface area contributed by atoms with Crippen molar-refractivity contribution in [2.24, 2.45) is 18.7 Å². The Balaban J connectivity index is 1.24. The highest BCUT2D eigenvalue weighted by Crippen LogP contribution is 2.36. The minimum atomic E-state index is -0.700. The van der Waals surface area contributed by atoms with Gasteiger partial charge in [0, 0.05) is 30.1 Å². The fraction of sp³-hybridized carbons (Fsp3) is 0.333. The zero-order chi connectivity index (χ0) is 31.0. The molecule has 2 aromatic heterocycles. The van der Waals surface area contributed by atoms with Crippen LogP contribution in [0.2, 0.25) is 5.02 Å². The Hall–Kier alpha value is -3.83. The number of carbonyl (C=O) groups is 1. The lowest BCUT2D eigenvalue weighted by molar-refractivity contribution is -0.114. The smallest absolute Gasteiger partial charge is 0.250 e. The second-order valence-electron chi connectivity index (χ2n) is 11.5. The summed E-state index contributed by atoms with van der Waals surface area (Å²) < 4.78 is 16.3. The van der Waals surface area contributed by atoms with E-state index in [0.29, 0.717) is 33.9 Å². The first-order valence-electron chi connectivity index (χ1n) is 14.7. The fourth-order valence-electron chi connectivity index (χ4n) is 5.75. The lowest BCUT2D eigenvalue weighted by Gasteiger charge is -2.29. The van der Waals surface area contributed by atoms with Crippen molar-refractivity contribution < 1.29 is 14.3 Å². The molecule has 0 saturated carbocycles. The van der Waals surface area contributed by atoms with E-state index < -0.39 is 18.1 Å². The van der Waals surface area contributed by atoms with E-state index in [0.717, 1.165) is 53.7 Å². The number of thiocarbonyl (C=S) groups is 1. The zero-order valence-corrected chi connectivity index (χ0v) is 26.5. The SMILES string of the molecule is C[C@@H](OC1C=C(n2cnc3cc(-c4cnn(C)c4)ccc32)C=C(C(N)=O)C1=S)c1cccc(OCC2CCN(C)CC2)c1Cl. The fourth-order valence-corrected chi connectivity index (χ4v) is 6.36. The van der Waals surface area contributed by atoms with Crippen molar-refractivity contribution in [1.82, 2.24) is 24.2 Å². The van der Waals surface area contributed by atoms with E-state index in [9.17, 15) is 4.79 Å². The summed E-state index contributed by atoms with van der Waals surface area (Å²) in [5.41, 5.74) is 11.1. The highest BCUT2D eigenvalue weighted by Gasteiger charge is 2.29. The van der Waals surface area contributed by atoms with Crippen molar-refractivity contribution in [3.63, 3.8) is 0 Å². The van der Waals surface area contributed by atoms with Crippen LogP contribution in [0.1, 0.15) is 31.4 Å². The van der Waals surface area contributed by atoms with Crippen molar-refractivity contribution in [2.75, 3.05) is 26.7 Å². The summed E-state index contributed by atoms with van der Waals surface area (Å²) in [6, 6.07) is 11.7. The van der Waals surface area contributed by atoms with Crippen LogP contribution in [0.5, 0.6) is 5.75 Å². The maximum Gasteiger partial charge on any atom is 0.250 e. The Morgan fingerprint density at radius 2 is 1.98 bits per heavy atom. The monoisotopic (exact) mass is 630 g/mol. The molecule has 0 bridgehead atoms. The lowest BCUT2D eigenvalue weighted by Crippen LogP contribution is -2.33. The van der Waals surface area contributed by atoms with E-state index in [1.807, 2.05) is 73.4 Å². The summed E-state index contributed by atoms with van der Waals surface area (Å²) in [5.74, 6) is 0.518. The van der Waals surface area contributed by atoms with Crippen LogP contribution < -0.4 is 10.5 Å². The number of aromatic nitrogens is 4. The molecule has 9 nitrogen and oxygen atoms in total. The third-order valence-corrected chi connectivity index (χ3v) is 9.22. The van der Waals surface area contributed by atoms with Crippen LogP contribution in [0.25, 0.3) is 27.9 Å². The van der Waals surface area contributed by atoms with E-state index in [4.69, 9.17) is 39.0 Å². The first kappa shape index (κ1) is 30.2. The molecule has 11 heteroatoms. The van der Waals surface area contributed by atoms with E-state index in [2.05, 4.69) is 22.0 Å². The number of hydrogen-bond donors (Lipinski definition) is 1. The summed E-state index contributed by atoms with van der Waals surface area (Å²) in [6.45, 7) is 4.69. The van der Waals surface area contributed by atoms with Crippen molar-refractivity contribution in [1.29, 1.82) is 0 Å². The van der Waals surface area contributed by atoms with E-state index in [-0.39, 0.29) is 5.57 Å². The first-order valence-corrected chi connectivity index (χ1v) is 15.5. The Bertz CT molecular complexity index is 1780. The standard InChI is InChI=1S/C33H35ClN6O3S/c1-20(25-5-4-6-29(31(25)34)42-18-21-9-11-38(2)12-10-21)43-30-15-24(14-26(32(30)44)33(35)41)40-19-36-27-13-22(7-8-28(27)40)23-16-37-39(3)17-23/h4-8,13-17,19-21,30H,9-12,18H2,1-3H3,(H2,35,41)/t20-,30?/m1/s1. The van der Waals surface area contributed by atoms with Crippen molar-refractivity contribution in [2.45, 2.75) is 32.0 Å². The number of nitrogens with zero attached hydrogens (tertiary/aromatic N) is 5. The molecule has 0 spiro atoms. The molecular weight excluding hydrogens is 596 g/mol. The summed E-state index contributed by atoms with van der Waals surface area (Å²) in [4.78, 5) is 19.8. The second kappa shape index (κ2) is 12.6. The van der Waals surface area contributed by atoms with Crippen molar-refractivity contribution in [3.8, 4) is 16.9 Å². The molecular formula is C33H35ClN6O3S. The van der Waals surface area contributed by atoms with E-state index in [1.54, 1.807) is 17.1 Å². The number of amides is 1. The molecule has 3 heterocycles. The molecule has 1 unspecified atom stereocenters. The average molecular weight is 631 g/mol. The Morgan fingerprint density at radius 3 is 2.70 bits per heavy atom. The minimum absolute atomic E-state index is 0.227. The Kier molecular flexibility index (Phi) is 8.68. The molecule has 1 fully saturated rings. The number of fused-ring (bicyclic) bond motifs is 1. The molecule has 1 saturated heterocycles. The van der Waals surface area contributed by atoms with Crippen LogP contribution in [0.15, 0.2) is 72.8 Å². The van der Waals surface area contributed by atoms with Gasteiger partial charge < -0.3 is 20.1 Å². The number of halogens is 1. The van der Waals surface area contributed by atoms with Crippen molar-refractivity contribution in [3.05, 3.63) is 83.4 Å². The number of rotatable bonds is 9. The topological polar surface area (TPSA) is 100 Å². The maximum absolute atomic E-state index is 12.5. The average Bonchev–Trinajstić information content (AvgIpc) is 3.64.